The summed E-state index contributed by atoms with van der Waals surface area (Å²) in [6.45, 7) is 3.05. The van der Waals surface area contributed by atoms with Crippen molar-refractivity contribution in [1.82, 2.24) is 24.8 Å². The summed E-state index contributed by atoms with van der Waals surface area (Å²) in [6, 6.07) is 5.86. The maximum atomic E-state index is 13.4. The van der Waals surface area contributed by atoms with Gasteiger partial charge in [0.25, 0.3) is 17.7 Å². The number of rotatable bonds is 6. The van der Waals surface area contributed by atoms with Crippen molar-refractivity contribution in [2.45, 2.75) is 32.9 Å². The minimum atomic E-state index is -3.04. The van der Waals surface area contributed by atoms with Crippen LogP contribution in [0.2, 0.25) is 5.15 Å². The van der Waals surface area contributed by atoms with Crippen molar-refractivity contribution >= 4 is 39.9 Å². The maximum Gasteiger partial charge on any atom is 0.273 e. The molecule has 39 heavy (non-hydrogen) atoms. The number of nitrogens with one attached hydrogen (secondary N) is 1. The van der Waals surface area contributed by atoms with Gasteiger partial charge in [-0.1, -0.05) is 22.9 Å². The molecule has 9 nitrogen and oxygen atoms in total. The van der Waals surface area contributed by atoms with Crippen LogP contribution in [0.3, 0.4) is 0 Å². The fraction of sp³-hybridized carbons (Fsp3) is 0.231. The SMILES string of the molecule is COc1cnc(Cl)cc1-c1cc(C)ncc1C(=O)Nc1nc2c(s1)CN(C(=O)c1ccc(C(C)(F)F)cn1)C2. The van der Waals surface area contributed by atoms with E-state index in [0.29, 0.717) is 39.0 Å². The largest absolute Gasteiger partial charge is 0.494 e. The molecule has 0 spiro atoms. The van der Waals surface area contributed by atoms with Crippen molar-refractivity contribution in [3.05, 3.63) is 81.1 Å². The lowest BCUT2D eigenvalue weighted by Gasteiger charge is -2.16. The summed E-state index contributed by atoms with van der Waals surface area (Å²) in [5.74, 6) is -3.41. The lowest BCUT2D eigenvalue weighted by molar-refractivity contribution is 0.0170. The number of thiazole rings is 1. The minimum Gasteiger partial charge on any atom is -0.494 e. The molecule has 200 valence electrons. The number of pyridine rings is 3. The van der Waals surface area contributed by atoms with E-state index in [1.54, 1.807) is 12.1 Å². The highest BCUT2D eigenvalue weighted by Gasteiger charge is 2.30. The number of methoxy groups -OCH3 is 1. The van der Waals surface area contributed by atoms with E-state index < -0.39 is 17.7 Å². The predicted octanol–water partition coefficient (Wildman–Crippen LogP) is 5.49. The van der Waals surface area contributed by atoms with Gasteiger partial charge < -0.3 is 9.64 Å². The number of hydrogen-bond donors (Lipinski definition) is 1. The van der Waals surface area contributed by atoms with E-state index in [4.69, 9.17) is 16.3 Å². The Balaban J connectivity index is 1.32. The van der Waals surface area contributed by atoms with E-state index in [-0.39, 0.29) is 29.5 Å². The molecule has 5 heterocycles. The first-order chi connectivity index (χ1) is 18.5. The third kappa shape index (κ3) is 5.43. The molecule has 1 N–H and O–H groups in total. The van der Waals surface area contributed by atoms with Gasteiger partial charge in [-0.05, 0) is 31.2 Å². The Labute approximate surface area is 230 Å². The fourth-order valence-electron chi connectivity index (χ4n) is 4.10. The van der Waals surface area contributed by atoms with Crippen LogP contribution in [0.5, 0.6) is 5.75 Å². The Hall–Kier alpha value is -4.03. The van der Waals surface area contributed by atoms with Gasteiger partial charge in [0, 0.05) is 41.7 Å². The number of amides is 2. The molecule has 0 saturated carbocycles. The van der Waals surface area contributed by atoms with Gasteiger partial charge in [0.05, 0.1) is 42.5 Å². The number of fused-ring (bicyclic) bond motifs is 1. The van der Waals surface area contributed by atoms with Crippen LogP contribution in [0.25, 0.3) is 11.1 Å². The molecule has 5 rings (SSSR count). The van der Waals surface area contributed by atoms with Gasteiger partial charge in [-0.2, -0.15) is 0 Å². The van der Waals surface area contributed by atoms with Gasteiger partial charge in [0.15, 0.2) is 5.13 Å². The fourth-order valence-corrected chi connectivity index (χ4v) is 5.24. The zero-order valence-corrected chi connectivity index (χ0v) is 22.5. The molecule has 2 amide bonds. The summed E-state index contributed by atoms with van der Waals surface area (Å²) < 4.78 is 32.3. The van der Waals surface area contributed by atoms with Gasteiger partial charge >= 0.3 is 0 Å². The van der Waals surface area contributed by atoms with Crippen LogP contribution in [0, 0.1) is 6.92 Å². The first-order valence-corrected chi connectivity index (χ1v) is 12.8. The Morgan fingerprint density at radius 3 is 2.56 bits per heavy atom. The second-order valence-corrected chi connectivity index (χ2v) is 10.4. The van der Waals surface area contributed by atoms with Crippen LogP contribution in [-0.4, -0.2) is 43.8 Å². The highest BCUT2D eigenvalue weighted by molar-refractivity contribution is 7.16. The lowest BCUT2D eigenvalue weighted by Crippen LogP contribution is -2.26. The van der Waals surface area contributed by atoms with Gasteiger partial charge in [0.2, 0.25) is 0 Å². The maximum absolute atomic E-state index is 13.4. The molecule has 13 heteroatoms. The molecule has 0 aliphatic carbocycles. The third-order valence-corrected chi connectivity index (χ3v) is 7.28. The summed E-state index contributed by atoms with van der Waals surface area (Å²) in [5.41, 5.74) is 2.60. The van der Waals surface area contributed by atoms with Crippen molar-refractivity contribution in [2.75, 3.05) is 12.4 Å². The molecular weight excluding hydrogens is 550 g/mol. The first kappa shape index (κ1) is 26.6. The van der Waals surface area contributed by atoms with Gasteiger partial charge in [-0.3, -0.25) is 24.9 Å². The van der Waals surface area contributed by atoms with E-state index in [1.165, 1.54) is 47.9 Å². The summed E-state index contributed by atoms with van der Waals surface area (Å²) in [7, 11) is 1.50. The number of aromatic nitrogens is 4. The normalized spacial score (nSPS) is 12.8. The highest BCUT2D eigenvalue weighted by Crippen LogP contribution is 2.36. The van der Waals surface area contributed by atoms with Crippen molar-refractivity contribution in [3.8, 4) is 16.9 Å². The summed E-state index contributed by atoms with van der Waals surface area (Å²) in [4.78, 5) is 45.2. The Morgan fingerprint density at radius 1 is 1.10 bits per heavy atom. The van der Waals surface area contributed by atoms with Gasteiger partial charge in [0.1, 0.15) is 16.6 Å². The van der Waals surface area contributed by atoms with Crippen molar-refractivity contribution in [2.24, 2.45) is 0 Å². The molecule has 0 atom stereocenters. The van der Waals surface area contributed by atoms with Gasteiger partial charge in [-0.15, -0.1) is 0 Å². The number of alkyl halides is 2. The molecule has 0 saturated heterocycles. The van der Waals surface area contributed by atoms with Crippen LogP contribution in [0.4, 0.5) is 13.9 Å². The van der Waals surface area contributed by atoms with Crippen LogP contribution < -0.4 is 10.1 Å². The van der Waals surface area contributed by atoms with E-state index in [2.05, 4.69) is 25.3 Å². The topological polar surface area (TPSA) is 110 Å². The first-order valence-electron chi connectivity index (χ1n) is 11.6. The molecule has 4 aromatic heterocycles. The summed E-state index contributed by atoms with van der Waals surface area (Å²) >= 11 is 7.36. The second kappa shape index (κ2) is 10.3. The second-order valence-electron chi connectivity index (χ2n) is 8.90. The number of aryl methyl sites for hydroxylation is 1. The molecule has 1 aliphatic rings. The molecule has 0 fully saturated rings. The molecule has 4 aromatic rings. The number of nitrogens with zero attached hydrogens (tertiary/aromatic N) is 5. The number of carbonyl (C=O) groups excluding carboxylic acids is 2. The number of carbonyl (C=O) groups is 2. The average Bonchev–Trinajstić information content (AvgIpc) is 3.46. The zero-order chi connectivity index (χ0) is 27.9. The minimum absolute atomic E-state index is 0.0673. The Kier molecular flexibility index (Phi) is 7.00. The van der Waals surface area contributed by atoms with Gasteiger partial charge in [-0.25, -0.2) is 18.7 Å². The predicted molar refractivity (Wildman–Crippen MR) is 141 cm³/mol. The van der Waals surface area contributed by atoms with Crippen molar-refractivity contribution in [1.29, 1.82) is 0 Å². The highest BCUT2D eigenvalue weighted by atomic mass is 35.5. The van der Waals surface area contributed by atoms with E-state index in [0.717, 1.165) is 18.0 Å². The number of halogens is 3. The van der Waals surface area contributed by atoms with E-state index in [9.17, 15) is 18.4 Å². The van der Waals surface area contributed by atoms with Crippen LogP contribution in [0.1, 0.15) is 49.6 Å². The molecule has 0 bridgehead atoms. The molecular formula is C26H21ClF2N6O3S. The standard InChI is InChI=1S/C26H21ClF2N6O3S/c1-13-6-15(16-7-22(27)32-10-20(16)38-3)17(9-30-13)23(36)34-25-33-19-11-35(12-21(19)39-25)24(37)18-5-4-14(8-31-18)26(2,28)29/h4-10H,11-12H2,1-3H3,(H,33,34,36). The van der Waals surface area contributed by atoms with Crippen LogP contribution in [0.15, 0.2) is 42.9 Å². The quantitative estimate of drug-likeness (QED) is 0.305. The molecule has 0 aromatic carbocycles. The van der Waals surface area contributed by atoms with E-state index >= 15 is 0 Å². The molecule has 0 radical (unpaired) electrons. The number of anilines is 1. The van der Waals surface area contributed by atoms with E-state index in [1.807, 2.05) is 6.92 Å². The lowest BCUT2D eigenvalue weighted by atomic mass is 10.0. The van der Waals surface area contributed by atoms with Crippen molar-refractivity contribution in [3.63, 3.8) is 0 Å². The average molecular weight is 571 g/mol. The van der Waals surface area contributed by atoms with Crippen LogP contribution >= 0.6 is 22.9 Å². The number of ether oxygens (including phenoxy) is 1. The van der Waals surface area contributed by atoms with Crippen LogP contribution in [-0.2, 0) is 19.0 Å². The molecule has 0 unspecified atom stereocenters. The number of hydrogen-bond acceptors (Lipinski definition) is 8. The summed E-state index contributed by atoms with van der Waals surface area (Å²) in [5, 5.41) is 3.44. The smallest absolute Gasteiger partial charge is 0.273 e. The Morgan fingerprint density at radius 2 is 1.90 bits per heavy atom. The monoisotopic (exact) mass is 570 g/mol. The third-order valence-electron chi connectivity index (χ3n) is 6.08. The Bertz CT molecular complexity index is 1570. The summed E-state index contributed by atoms with van der Waals surface area (Å²) in [6.07, 6.45) is 3.97. The van der Waals surface area contributed by atoms with Crippen molar-refractivity contribution < 1.29 is 23.1 Å². The molecule has 1 aliphatic heterocycles. The zero-order valence-electron chi connectivity index (χ0n) is 21.0.